The van der Waals surface area contributed by atoms with E-state index in [9.17, 15) is 9.59 Å². The molecule has 1 heterocycles. The fourth-order valence-electron chi connectivity index (χ4n) is 1.37. The number of carbonyl (C=O) groups is 2. The van der Waals surface area contributed by atoms with Gasteiger partial charge in [-0.05, 0) is 12.1 Å². The van der Waals surface area contributed by atoms with Gasteiger partial charge >= 0.3 is 5.97 Å². The molecule has 8 heteroatoms. The lowest BCUT2D eigenvalue weighted by Gasteiger charge is -2.10. The number of aromatic nitrogens is 1. The van der Waals surface area contributed by atoms with E-state index in [0.29, 0.717) is 18.1 Å². The topological polar surface area (TPSA) is 105 Å². The van der Waals surface area contributed by atoms with Gasteiger partial charge in [0.15, 0.2) is 0 Å². The van der Waals surface area contributed by atoms with Crippen molar-refractivity contribution in [2.45, 2.75) is 23.1 Å². The first-order chi connectivity index (χ1) is 9.50. The Morgan fingerprint density at radius 3 is 2.95 bits per heavy atom. The van der Waals surface area contributed by atoms with Gasteiger partial charge in [-0.3, -0.25) is 14.6 Å². The fourth-order valence-corrected chi connectivity index (χ4v) is 2.51. The van der Waals surface area contributed by atoms with Crippen LogP contribution in [0.15, 0.2) is 23.2 Å². The number of carboxylic acids is 1. The maximum Gasteiger partial charge on any atom is 0.305 e. The molecule has 0 saturated carbocycles. The number of hydrogen-bond acceptors (Lipinski definition) is 6. The molecule has 1 aromatic heterocycles. The number of thioether (sulfide) groups is 1. The van der Waals surface area contributed by atoms with Crippen molar-refractivity contribution in [2.75, 3.05) is 12.3 Å². The Labute approximate surface area is 126 Å². The minimum absolute atomic E-state index is 0.365. The number of thiol groups is 1. The van der Waals surface area contributed by atoms with Gasteiger partial charge in [-0.15, -0.1) is 12.6 Å². The van der Waals surface area contributed by atoms with Crippen LogP contribution in [0.5, 0.6) is 0 Å². The minimum Gasteiger partial charge on any atom is -0.481 e. The van der Waals surface area contributed by atoms with E-state index in [0.717, 1.165) is 10.6 Å². The molecule has 0 radical (unpaired) electrons. The van der Waals surface area contributed by atoms with Crippen molar-refractivity contribution < 1.29 is 14.7 Å². The number of amides is 1. The Bertz CT molecular complexity index is 471. The summed E-state index contributed by atoms with van der Waals surface area (Å²) < 4.78 is 0. The normalized spacial score (nSPS) is 11.9. The first-order valence-corrected chi connectivity index (χ1v) is 7.56. The predicted octanol–water partition coefficient (Wildman–Crippen LogP) is 0.522. The van der Waals surface area contributed by atoms with Gasteiger partial charge in [0.2, 0.25) is 5.91 Å². The highest BCUT2D eigenvalue weighted by molar-refractivity contribution is 7.98. The lowest BCUT2D eigenvalue weighted by Crippen LogP contribution is -2.42. The number of nitrogens with two attached hydrogens (primary N) is 1. The maximum atomic E-state index is 11.4. The molecular formula is C12H17N3O3S2. The number of hydrogen-bond donors (Lipinski definition) is 4. The van der Waals surface area contributed by atoms with Gasteiger partial charge in [0.25, 0.3) is 0 Å². The van der Waals surface area contributed by atoms with Crippen LogP contribution >= 0.6 is 24.4 Å². The number of rotatable bonds is 8. The van der Waals surface area contributed by atoms with Crippen LogP contribution in [0, 0.1) is 0 Å². The molecule has 1 aromatic rings. The fraction of sp³-hybridized carbons (Fsp3) is 0.417. The van der Waals surface area contributed by atoms with E-state index in [1.165, 1.54) is 0 Å². The van der Waals surface area contributed by atoms with Crippen molar-refractivity contribution in [1.29, 1.82) is 0 Å². The Morgan fingerprint density at radius 2 is 2.30 bits per heavy atom. The molecule has 0 bridgehead atoms. The first-order valence-electron chi connectivity index (χ1n) is 5.96. The SMILES string of the molecule is N[C@H](CC(=O)O)C(=O)NCCSCc1ncccc1S. The largest absolute Gasteiger partial charge is 0.481 e. The summed E-state index contributed by atoms with van der Waals surface area (Å²) in [6.07, 6.45) is 1.35. The van der Waals surface area contributed by atoms with Crippen molar-refractivity contribution in [3.05, 3.63) is 24.0 Å². The standard InChI is InChI=1S/C12H17N3O3S2/c13-8(6-11(16)17)12(18)15-4-5-20-7-9-10(19)2-1-3-14-9/h1-3,8,19H,4-7,13H2,(H,15,18)(H,16,17)/t8-/m1/s1. The van der Waals surface area contributed by atoms with E-state index in [4.69, 9.17) is 10.8 Å². The molecule has 0 spiro atoms. The average molecular weight is 315 g/mol. The summed E-state index contributed by atoms with van der Waals surface area (Å²) in [4.78, 5) is 26.9. The van der Waals surface area contributed by atoms with Crippen molar-refractivity contribution in [1.82, 2.24) is 10.3 Å². The van der Waals surface area contributed by atoms with E-state index >= 15 is 0 Å². The van der Waals surface area contributed by atoms with Gasteiger partial charge in [0.05, 0.1) is 18.2 Å². The quantitative estimate of drug-likeness (QED) is 0.412. The van der Waals surface area contributed by atoms with Crippen LogP contribution < -0.4 is 11.1 Å². The van der Waals surface area contributed by atoms with Crippen LogP contribution in [-0.2, 0) is 15.3 Å². The van der Waals surface area contributed by atoms with Crippen LogP contribution in [0.1, 0.15) is 12.1 Å². The molecule has 0 aromatic carbocycles. The molecule has 0 aliphatic heterocycles. The molecule has 0 saturated heterocycles. The molecule has 1 atom stereocenters. The average Bonchev–Trinajstić information content (AvgIpc) is 2.39. The zero-order chi connectivity index (χ0) is 15.0. The third-order valence-electron chi connectivity index (χ3n) is 2.38. The molecular weight excluding hydrogens is 298 g/mol. The van der Waals surface area contributed by atoms with Gasteiger partial charge in [-0.1, -0.05) is 0 Å². The first kappa shape index (κ1) is 16.8. The summed E-state index contributed by atoms with van der Waals surface area (Å²) >= 11 is 5.90. The molecule has 0 aliphatic rings. The monoisotopic (exact) mass is 315 g/mol. The highest BCUT2D eigenvalue weighted by Gasteiger charge is 2.16. The number of carbonyl (C=O) groups excluding carboxylic acids is 1. The van der Waals surface area contributed by atoms with Crippen molar-refractivity contribution >= 4 is 36.3 Å². The zero-order valence-electron chi connectivity index (χ0n) is 10.8. The summed E-state index contributed by atoms with van der Waals surface area (Å²) in [6.45, 7) is 0.436. The predicted molar refractivity (Wildman–Crippen MR) is 80.9 cm³/mol. The second kappa shape index (κ2) is 8.83. The van der Waals surface area contributed by atoms with Crippen LogP contribution in [0.3, 0.4) is 0 Å². The second-order valence-electron chi connectivity index (χ2n) is 4.02. The van der Waals surface area contributed by atoms with E-state index < -0.39 is 17.9 Å². The molecule has 20 heavy (non-hydrogen) atoms. The molecule has 1 amide bonds. The van der Waals surface area contributed by atoms with Gasteiger partial charge in [0, 0.05) is 29.1 Å². The Kier molecular flexibility index (Phi) is 7.42. The minimum atomic E-state index is -1.08. The Hall–Kier alpha value is -1.25. The van der Waals surface area contributed by atoms with Crippen molar-refractivity contribution in [3.63, 3.8) is 0 Å². The number of aliphatic carboxylic acids is 1. The smallest absolute Gasteiger partial charge is 0.305 e. The molecule has 0 fully saturated rings. The molecule has 6 nitrogen and oxygen atoms in total. The molecule has 0 unspecified atom stereocenters. The van der Waals surface area contributed by atoms with Gasteiger partial charge in [-0.25, -0.2) is 0 Å². The molecule has 110 valence electrons. The van der Waals surface area contributed by atoms with E-state index in [1.807, 2.05) is 12.1 Å². The maximum absolute atomic E-state index is 11.4. The van der Waals surface area contributed by atoms with E-state index in [-0.39, 0.29) is 6.42 Å². The highest BCUT2D eigenvalue weighted by atomic mass is 32.2. The van der Waals surface area contributed by atoms with Gasteiger partial charge in [-0.2, -0.15) is 11.8 Å². The number of nitrogens with zero attached hydrogens (tertiary/aromatic N) is 1. The van der Waals surface area contributed by atoms with Crippen LogP contribution in [0.25, 0.3) is 0 Å². The van der Waals surface area contributed by atoms with E-state index in [1.54, 1.807) is 18.0 Å². The second-order valence-corrected chi connectivity index (χ2v) is 5.60. The number of nitrogens with one attached hydrogen (secondary N) is 1. The molecule has 1 rings (SSSR count). The zero-order valence-corrected chi connectivity index (χ0v) is 12.5. The van der Waals surface area contributed by atoms with Crippen LogP contribution in [0.4, 0.5) is 0 Å². The van der Waals surface area contributed by atoms with Gasteiger partial charge in [0.1, 0.15) is 0 Å². The highest BCUT2D eigenvalue weighted by Crippen LogP contribution is 2.16. The summed E-state index contributed by atoms with van der Waals surface area (Å²) in [5.74, 6) is -0.134. The van der Waals surface area contributed by atoms with Crippen LogP contribution in [-0.4, -0.2) is 40.3 Å². The lowest BCUT2D eigenvalue weighted by molar-refractivity contribution is -0.139. The van der Waals surface area contributed by atoms with E-state index in [2.05, 4.69) is 22.9 Å². The van der Waals surface area contributed by atoms with Crippen molar-refractivity contribution in [2.24, 2.45) is 5.73 Å². The Balaban J connectivity index is 2.18. The third kappa shape index (κ3) is 6.27. The summed E-state index contributed by atoms with van der Waals surface area (Å²) in [6, 6.07) is 2.69. The third-order valence-corrected chi connectivity index (χ3v) is 3.76. The molecule has 0 aliphatic carbocycles. The summed E-state index contributed by atoms with van der Waals surface area (Å²) in [5.41, 5.74) is 6.32. The number of pyridine rings is 1. The van der Waals surface area contributed by atoms with Crippen molar-refractivity contribution in [3.8, 4) is 0 Å². The lowest BCUT2D eigenvalue weighted by atomic mass is 10.2. The Morgan fingerprint density at radius 1 is 1.55 bits per heavy atom. The molecule has 4 N–H and O–H groups in total. The summed E-state index contributed by atoms with van der Waals surface area (Å²) in [5, 5.41) is 11.1. The van der Waals surface area contributed by atoms with Crippen LogP contribution in [0.2, 0.25) is 0 Å². The summed E-state index contributed by atoms with van der Waals surface area (Å²) in [7, 11) is 0. The number of carboxylic acid groups (broad SMARTS) is 1. The van der Waals surface area contributed by atoms with Gasteiger partial charge < -0.3 is 16.2 Å².